The van der Waals surface area contributed by atoms with E-state index in [1.807, 2.05) is 39.5 Å². The molecule has 0 aliphatic rings. The van der Waals surface area contributed by atoms with Crippen molar-refractivity contribution in [2.75, 3.05) is 5.32 Å². The molecule has 158 valence electrons. The van der Waals surface area contributed by atoms with Gasteiger partial charge in [-0.05, 0) is 18.6 Å². The van der Waals surface area contributed by atoms with Crippen molar-refractivity contribution < 1.29 is 8.78 Å². The minimum atomic E-state index is -2.65. The van der Waals surface area contributed by atoms with E-state index < -0.39 is 6.43 Å². The normalized spacial score (nSPS) is 11.7. The number of H-pyrrole nitrogens is 1. The van der Waals surface area contributed by atoms with Crippen LogP contribution in [0.1, 0.15) is 17.7 Å². The van der Waals surface area contributed by atoms with Crippen LogP contribution in [0.5, 0.6) is 0 Å². The molecule has 0 aliphatic heterocycles. The Labute approximate surface area is 174 Å². The summed E-state index contributed by atoms with van der Waals surface area (Å²) in [5.74, 6) is 1.57. The van der Waals surface area contributed by atoms with E-state index in [2.05, 4.69) is 35.7 Å². The number of anilines is 2. The van der Waals surface area contributed by atoms with Crippen LogP contribution in [0.3, 0.4) is 0 Å². The van der Waals surface area contributed by atoms with Crippen LogP contribution in [-0.2, 0) is 14.1 Å². The molecule has 0 bridgehead atoms. The molecule has 5 aromatic heterocycles. The first kappa shape index (κ1) is 18.9. The van der Waals surface area contributed by atoms with Crippen LogP contribution in [0, 0.1) is 6.92 Å². The zero-order valence-corrected chi connectivity index (χ0v) is 16.9. The van der Waals surface area contributed by atoms with Gasteiger partial charge in [0.25, 0.3) is 6.43 Å². The number of rotatable bonds is 5. The number of nitrogens with zero attached hydrogens (tertiary/aromatic N) is 8. The second-order valence-electron chi connectivity index (χ2n) is 7.12. The maximum Gasteiger partial charge on any atom is 0.279 e. The molecule has 31 heavy (non-hydrogen) atoms. The second kappa shape index (κ2) is 7.00. The average molecular weight is 424 g/mol. The second-order valence-corrected chi connectivity index (χ2v) is 7.12. The van der Waals surface area contributed by atoms with Crippen molar-refractivity contribution in [3.8, 4) is 22.9 Å². The van der Waals surface area contributed by atoms with Crippen LogP contribution in [0.25, 0.3) is 28.4 Å². The molecule has 0 spiro atoms. The molecule has 0 saturated carbocycles. The van der Waals surface area contributed by atoms with Gasteiger partial charge in [-0.2, -0.15) is 10.2 Å². The predicted molar refractivity (Wildman–Crippen MR) is 109 cm³/mol. The number of nitrogens with one attached hydrogen (secondary N) is 2. The highest BCUT2D eigenvalue weighted by Gasteiger charge is 2.20. The zero-order valence-electron chi connectivity index (χ0n) is 16.9. The Bertz CT molecular complexity index is 1390. The number of imidazole rings is 1. The van der Waals surface area contributed by atoms with Gasteiger partial charge in [-0.15, -0.1) is 5.10 Å². The summed E-state index contributed by atoms with van der Waals surface area (Å²) in [5.41, 5.74) is 2.95. The number of alkyl halides is 2. The Balaban J connectivity index is 1.70. The Kier molecular flexibility index (Phi) is 4.27. The van der Waals surface area contributed by atoms with Crippen molar-refractivity contribution in [1.82, 2.24) is 44.1 Å². The number of halogens is 2. The van der Waals surface area contributed by atoms with Crippen molar-refractivity contribution in [2.24, 2.45) is 14.1 Å². The molecule has 0 fully saturated rings. The third kappa shape index (κ3) is 3.21. The lowest BCUT2D eigenvalue weighted by molar-refractivity contribution is 0.146. The third-order valence-electron chi connectivity index (χ3n) is 4.97. The van der Waals surface area contributed by atoms with Crippen molar-refractivity contribution in [1.29, 1.82) is 0 Å². The minimum absolute atomic E-state index is 0.224. The van der Waals surface area contributed by atoms with Gasteiger partial charge < -0.3 is 9.88 Å². The molecule has 5 rings (SSSR count). The summed E-state index contributed by atoms with van der Waals surface area (Å²) in [7, 11) is 3.69. The predicted octanol–water partition coefficient (Wildman–Crippen LogP) is 3.24. The number of aryl methyl sites for hydroxylation is 3. The Morgan fingerprint density at radius 3 is 2.65 bits per heavy atom. The fraction of sp³-hybridized carbons (Fsp3) is 0.211. The highest BCUT2D eigenvalue weighted by molar-refractivity contribution is 5.84. The molecule has 0 unspecified atom stereocenters. The van der Waals surface area contributed by atoms with Gasteiger partial charge in [0.15, 0.2) is 17.5 Å². The van der Waals surface area contributed by atoms with Crippen LogP contribution in [-0.4, -0.2) is 44.1 Å². The lowest BCUT2D eigenvalue weighted by Crippen LogP contribution is -2.06. The quantitative estimate of drug-likeness (QED) is 0.449. The minimum Gasteiger partial charge on any atom is -0.331 e. The molecule has 0 aromatic carbocycles. The first-order chi connectivity index (χ1) is 14.9. The zero-order chi connectivity index (χ0) is 21.7. The van der Waals surface area contributed by atoms with Crippen molar-refractivity contribution in [3.05, 3.63) is 48.2 Å². The lowest BCUT2D eigenvalue weighted by Gasteiger charge is -2.09. The molecule has 0 radical (unpaired) electrons. The third-order valence-corrected chi connectivity index (χ3v) is 4.97. The Hall–Kier alpha value is -4.09. The molecule has 0 saturated heterocycles. The summed E-state index contributed by atoms with van der Waals surface area (Å²) in [6.45, 7) is 1.93. The Morgan fingerprint density at radius 2 is 2.00 bits per heavy atom. The maximum atomic E-state index is 13.0. The number of hydrogen-bond acceptors (Lipinski definition) is 6. The van der Waals surface area contributed by atoms with Crippen LogP contribution < -0.4 is 5.32 Å². The molecule has 5 heterocycles. The van der Waals surface area contributed by atoms with Crippen LogP contribution in [0.2, 0.25) is 0 Å². The van der Waals surface area contributed by atoms with Gasteiger partial charge in [-0.3, -0.25) is 9.78 Å². The molecule has 0 aliphatic carbocycles. The maximum absolute atomic E-state index is 13.0. The Morgan fingerprint density at radius 1 is 1.16 bits per heavy atom. The van der Waals surface area contributed by atoms with Crippen molar-refractivity contribution >= 4 is 17.2 Å². The molecule has 2 N–H and O–H groups in total. The highest BCUT2D eigenvalue weighted by Crippen LogP contribution is 2.32. The smallest absolute Gasteiger partial charge is 0.279 e. The van der Waals surface area contributed by atoms with Gasteiger partial charge in [-0.1, -0.05) is 0 Å². The van der Waals surface area contributed by atoms with Gasteiger partial charge in [0.2, 0.25) is 5.82 Å². The molecule has 10 nitrogen and oxygen atoms in total. The summed E-state index contributed by atoms with van der Waals surface area (Å²) < 4.78 is 31.2. The van der Waals surface area contributed by atoms with E-state index in [4.69, 9.17) is 0 Å². The molecule has 12 heteroatoms. The van der Waals surface area contributed by atoms with Crippen molar-refractivity contribution in [2.45, 2.75) is 13.3 Å². The first-order valence-corrected chi connectivity index (χ1v) is 9.39. The summed E-state index contributed by atoms with van der Waals surface area (Å²) in [4.78, 5) is 8.95. The summed E-state index contributed by atoms with van der Waals surface area (Å²) in [5, 5.41) is 18.4. The SMILES string of the molecule is Cc1c(-c2ccn(C)n2)cn2nc(-c3nccn3C)nc(Nc3cc(C(F)F)[nH]n3)c12. The summed E-state index contributed by atoms with van der Waals surface area (Å²) in [6.07, 6.45) is 4.51. The van der Waals surface area contributed by atoms with Gasteiger partial charge in [0, 0.05) is 50.5 Å². The largest absolute Gasteiger partial charge is 0.331 e. The molecule has 0 amide bonds. The van der Waals surface area contributed by atoms with E-state index in [0.29, 0.717) is 23.0 Å². The van der Waals surface area contributed by atoms with Crippen LogP contribution in [0.15, 0.2) is 36.9 Å². The standard InChI is InChI=1S/C19H18F2N10/c1-10-11(12-4-6-30(3)27-12)9-31-15(10)17(23-14-8-13(16(20)21)25-26-14)24-18(28-31)19-22-5-7-29(19)2/h4-9,16H,1-3H3,(H2,23,24,25,26,28). The van der Waals surface area contributed by atoms with E-state index in [1.54, 1.807) is 26.2 Å². The van der Waals surface area contributed by atoms with Crippen molar-refractivity contribution in [3.63, 3.8) is 0 Å². The molecular formula is C19H18F2N10. The molecular weight excluding hydrogens is 406 g/mol. The van der Waals surface area contributed by atoms with Gasteiger partial charge in [-0.25, -0.2) is 23.3 Å². The van der Waals surface area contributed by atoms with Gasteiger partial charge in [0.05, 0.1) is 5.69 Å². The fourth-order valence-corrected chi connectivity index (χ4v) is 3.44. The number of hydrogen-bond donors (Lipinski definition) is 2. The molecule has 0 atom stereocenters. The topological polar surface area (TPSA) is 107 Å². The lowest BCUT2D eigenvalue weighted by atomic mass is 10.1. The molecule has 5 aromatic rings. The van der Waals surface area contributed by atoms with Gasteiger partial charge >= 0.3 is 0 Å². The summed E-state index contributed by atoms with van der Waals surface area (Å²) in [6, 6.07) is 3.16. The average Bonchev–Trinajstić information content (AvgIpc) is 3.50. The fourth-order valence-electron chi connectivity index (χ4n) is 3.44. The number of aromatic nitrogens is 9. The van der Waals surface area contributed by atoms with Gasteiger partial charge in [0.1, 0.15) is 11.2 Å². The van der Waals surface area contributed by atoms with E-state index in [-0.39, 0.29) is 11.5 Å². The number of aromatic amines is 1. The summed E-state index contributed by atoms with van der Waals surface area (Å²) >= 11 is 0. The van der Waals surface area contributed by atoms with E-state index in [9.17, 15) is 8.78 Å². The first-order valence-electron chi connectivity index (χ1n) is 9.39. The number of fused-ring (bicyclic) bond motifs is 1. The van der Waals surface area contributed by atoms with Crippen LogP contribution >= 0.6 is 0 Å². The van der Waals surface area contributed by atoms with E-state index >= 15 is 0 Å². The highest BCUT2D eigenvalue weighted by atomic mass is 19.3. The van der Waals surface area contributed by atoms with Crippen LogP contribution in [0.4, 0.5) is 20.4 Å². The van der Waals surface area contributed by atoms with E-state index in [1.165, 1.54) is 6.07 Å². The monoisotopic (exact) mass is 424 g/mol. The van der Waals surface area contributed by atoms with E-state index in [0.717, 1.165) is 16.8 Å².